The third-order valence-electron chi connectivity index (χ3n) is 3.75. The molecule has 0 spiro atoms. The quantitative estimate of drug-likeness (QED) is 0.785. The van der Waals surface area contributed by atoms with Crippen molar-refractivity contribution in [3.8, 4) is 5.75 Å². The molecule has 0 radical (unpaired) electrons. The van der Waals surface area contributed by atoms with Gasteiger partial charge in [0, 0.05) is 18.7 Å². The lowest BCUT2D eigenvalue weighted by molar-refractivity contribution is -0.130. The van der Waals surface area contributed by atoms with Gasteiger partial charge in [-0.25, -0.2) is 0 Å². The maximum absolute atomic E-state index is 12.2. The van der Waals surface area contributed by atoms with Crippen molar-refractivity contribution in [3.05, 3.63) is 35.9 Å². The Hall–Kier alpha value is -1.81. The monoisotopic (exact) mass is 289 g/mol. The Morgan fingerprint density at radius 1 is 1.38 bits per heavy atom. The summed E-state index contributed by atoms with van der Waals surface area (Å²) in [5.41, 5.74) is 0.962. The molecule has 1 N–H and O–H groups in total. The molecule has 1 amide bonds. The fourth-order valence-electron chi connectivity index (χ4n) is 2.38. The second-order valence-corrected chi connectivity index (χ2v) is 5.18. The van der Waals surface area contributed by atoms with Crippen LogP contribution in [0.3, 0.4) is 0 Å². The Morgan fingerprint density at radius 3 is 2.62 bits per heavy atom. The van der Waals surface area contributed by atoms with E-state index in [1.807, 2.05) is 31.2 Å². The van der Waals surface area contributed by atoms with Crippen molar-refractivity contribution in [1.29, 1.82) is 0 Å². The van der Waals surface area contributed by atoms with Crippen LogP contribution in [0.4, 0.5) is 0 Å². The topological polar surface area (TPSA) is 49.8 Å². The van der Waals surface area contributed by atoms with E-state index in [1.165, 1.54) is 6.42 Å². The highest BCUT2D eigenvalue weighted by atomic mass is 16.5. The first-order chi connectivity index (χ1) is 10.2. The molecule has 0 saturated heterocycles. The first kappa shape index (κ1) is 15.6. The zero-order valence-electron chi connectivity index (χ0n) is 12.5. The Morgan fingerprint density at radius 2 is 2.10 bits per heavy atom. The average molecular weight is 289 g/mol. The van der Waals surface area contributed by atoms with Crippen LogP contribution in [0.15, 0.2) is 30.3 Å². The normalized spacial score (nSPS) is 15.0. The number of aliphatic hydroxyl groups is 1. The molecule has 0 unspecified atom stereocenters. The summed E-state index contributed by atoms with van der Waals surface area (Å²) in [7, 11) is 0. The molecule has 0 aromatic heterocycles. The Bertz CT molecular complexity index is 477. The third kappa shape index (κ3) is 4.33. The second-order valence-electron chi connectivity index (χ2n) is 5.18. The SMILES string of the molecule is CCOc1ccc(/C=C/C(=O)N(CCO)C2CCC2)cc1. The molecule has 1 aliphatic rings. The summed E-state index contributed by atoms with van der Waals surface area (Å²) in [4.78, 5) is 14.0. The molecule has 0 atom stereocenters. The van der Waals surface area contributed by atoms with E-state index < -0.39 is 0 Å². The number of amides is 1. The number of hydrogen-bond donors (Lipinski definition) is 1. The minimum atomic E-state index is -0.0253. The lowest BCUT2D eigenvalue weighted by Gasteiger charge is -2.36. The van der Waals surface area contributed by atoms with Crippen molar-refractivity contribution in [2.45, 2.75) is 32.2 Å². The van der Waals surface area contributed by atoms with E-state index in [9.17, 15) is 4.79 Å². The first-order valence-corrected chi connectivity index (χ1v) is 7.57. The van der Waals surface area contributed by atoms with E-state index in [1.54, 1.807) is 17.1 Å². The first-order valence-electron chi connectivity index (χ1n) is 7.57. The average Bonchev–Trinajstić information content (AvgIpc) is 2.44. The summed E-state index contributed by atoms with van der Waals surface area (Å²) < 4.78 is 5.38. The van der Waals surface area contributed by atoms with Gasteiger partial charge in [0.05, 0.1) is 13.2 Å². The van der Waals surface area contributed by atoms with Crippen LogP contribution in [-0.2, 0) is 4.79 Å². The fraction of sp³-hybridized carbons (Fsp3) is 0.471. The van der Waals surface area contributed by atoms with E-state index in [2.05, 4.69) is 0 Å². The van der Waals surface area contributed by atoms with Gasteiger partial charge in [-0.1, -0.05) is 12.1 Å². The molecule has 4 heteroatoms. The molecular formula is C17H23NO3. The summed E-state index contributed by atoms with van der Waals surface area (Å²) in [6, 6.07) is 7.94. The van der Waals surface area contributed by atoms with E-state index in [-0.39, 0.29) is 12.5 Å². The molecule has 0 bridgehead atoms. The van der Waals surface area contributed by atoms with E-state index in [0.717, 1.165) is 24.2 Å². The third-order valence-corrected chi connectivity index (χ3v) is 3.75. The van der Waals surface area contributed by atoms with Crippen molar-refractivity contribution in [1.82, 2.24) is 4.90 Å². The zero-order valence-corrected chi connectivity index (χ0v) is 12.5. The molecule has 0 aliphatic heterocycles. The highest BCUT2D eigenvalue weighted by molar-refractivity contribution is 5.92. The molecule has 21 heavy (non-hydrogen) atoms. The van der Waals surface area contributed by atoms with Gasteiger partial charge < -0.3 is 14.7 Å². The minimum Gasteiger partial charge on any atom is -0.494 e. The van der Waals surface area contributed by atoms with Crippen LogP contribution in [0.5, 0.6) is 5.75 Å². The smallest absolute Gasteiger partial charge is 0.246 e. The molecule has 1 aromatic carbocycles. The van der Waals surface area contributed by atoms with Crippen molar-refractivity contribution < 1.29 is 14.6 Å². The molecule has 0 heterocycles. The van der Waals surface area contributed by atoms with Crippen LogP contribution >= 0.6 is 0 Å². The van der Waals surface area contributed by atoms with E-state index in [0.29, 0.717) is 19.2 Å². The van der Waals surface area contributed by atoms with Gasteiger partial charge >= 0.3 is 0 Å². The number of carbonyl (C=O) groups is 1. The maximum atomic E-state index is 12.2. The summed E-state index contributed by atoms with van der Waals surface area (Å²) in [6.07, 6.45) is 6.65. The molecule has 1 fully saturated rings. The van der Waals surface area contributed by atoms with Gasteiger partial charge in [0.15, 0.2) is 0 Å². The van der Waals surface area contributed by atoms with E-state index >= 15 is 0 Å². The lowest BCUT2D eigenvalue weighted by Crippen LogP contribution is -2.44. The highest BCUT2D eigenvalue weighted by Crippen LogP contribution is 2.25. The highest BCUT2D eigenvalue weighted by Gasteiger charge is 2.26. The fourth-order valence-corrected chi connectivity index (χ4v) is 2.38. The number of ether oxygens (including phenoxy) is 1. The lowest BCUT2D eigenvalue weighted by atomic mass is 9.91. The molecule has 1 aromatic rings. The summed E-state index contributed by atoms with van der Waals surface area (Å²) in [6.45, 7) is 3.02. The van der Waals surface area contributed by atoms with Crippen molar-refractivity contribution in [2.24, 2.45) is 0 Å². The number of benzene rings is 1. The number of carbonyl (C=O) groups excluding carboxylic acids is 1. The molecule has 1 aliphatic carbocycles. The summed E-state index contributed by atoms with van der Waals surface area (Å²) >= 11 is 0. The number of rotatable bonds is 7. The van der Waals surface area contributed by atoms with Crippen molar-refractivity contribution in [3.63, 3.8) is 0 Å². The van der Waals surface area contributed by atoms with E-state index in [4.69, 9.17) is 9.84 Å². The summed E-state index contributed by atoms with van der Waals surface area (Å²) in [5.74, 6) is 0.806. The molecule has 1 saturated carbocycles. The summed E-state index contributed by atoms with van der Waals surface area (Å²) in [5, 5.41) is 9.09. The Labute approximate surface area is 126 Å². The van der Waals surface area contributed by atoms with Crippen LogP contribution < -0.4 is 4.74 Å². The van der Waals surface area contributed by atoms with Crippen LogP contribution in [0.1, 0.15) is 31.7 Å². The minimum absolute atomic E-state index is 0.0130. The predicted octanol–water partition coefficient (Wildman–Crippen LogP) is 2.47. The van der Waals surface area contributed by atoms with Crippen molar-refractivity contribution in [2.75, 3.05) is 19.8 Å². The largest absolute Gasteiger partial charge is 0.494 e. The second kappa shape index (κ2) is 7.84. The Kier molecular flexibility index (Phi) is 5.81. The molecule has 2 rings (SSSR count). The van der Waals surface area contributed by atoms with Crippen LogP contribution in [0.2, 0.25) is 0 Å². The van der Waals surface area contributed by atoms with Crippen LogP contribution in [0.25, 0.3) is 6.08 Å². The van der Waals surface area contributed by atoms with Crippen LogP contribution in [0, 0.1) is 0 Å². The van der Waals surface area contributed by atoms with Gasteiger partial charge in [-0.2, -0.15) is 0 Å². The molecule has 4 nitrogen and oxygen atoms in total. The standard InChI is InChI=1S/C17H23NO3/c1-2-21-16-9-6-14(7-10-16)8-11-17(20)18(12-13-19)15-4-3-5-15/h6-11,15,19H,2-5,12-13H2,1H3/b11-8+. The number of nitrogens with zero attached hydrogens (tertiary/aromatic N) is 1. The zero-order chi connectivity index (χ0) is 15.1. The van der Waals surface area contributed by atoms with Gasteiger partial charge in [0.25, 0.3) is 0 Å². The molecular weight excluding hydrogens is 266 g/mol. The van der Waals surface area contributed by atoms with Gasteiger partial charge in [-0.15, -0.1) is 0 Å². The van der Waals surface area contributed by atoms with Crippen LogP contribution in [-0.4, -0.2) is 41.7 Å². The van der Waals surface area contributed by atoms with Gasteiger partial charge in [-0.05, 0) is 50.0 Å². The Balaban J connectivity index is 1.96. The van der Waals surface area contributed by atoms with Crippen molar-refractivity contribution >= 4 is 12.0 Å². The van der Waals surface area contributed by atoms with Gasteiger partial charge in [-0.3, -0.25) is 4.79 Å². The molecule has 114 valence electrons. The van der Waals surface area contributed by atoms with Gasteiger partial charge in [0.2, 0.25) is 5.91 Å². The predicted molar refractivity (Wildman–Crippen MR) is 83.1 cm³/mol. The maximum Gasteiger partial charge on any atom is 0.246 e. The number of hydrogen-bond acceptors (Lipinski definition) is 3. The van der Waals surface area contributed by atoms with Gasteiger partial charge in [0.1, 0.15) is 5.75 Å². The number of aliphatic hydroxyl groups excluding tert-OH is 1.